The van der Waals surface area contributed by atoms with Gasteiger partial charge in [-0.25, -0.2) is 9.97 Å². The number of carbonyl (C=O) groups is 1. The molecule has 0 fully saturated rings. The molecule has 0 aliphatic rings. The number of carbonyl (C=O) groups excluding carboxylic acids is 1. The van der Waals surface area contributed by atoms with Crippen molar-refractivity contribution < 1.29 is 4.79 Å². The van der Waals surface area contributed by atoms with Crippen molar-refractivity contribution in [3.8, 4) is 11.3 Å². The topological polar surface area (TPSA) is 85.6 Å². The molecular weight excluding hydrogens is 388 g/mol. The number of pyridine rings is 1. The van der Waals surface area contributed by atoms with Crippen LogP contribution in [0.3, 0.4) is 0 Å². The third kappa shape index (κ3) is 4.50. The van der Waals surface area contributed by atoms with Crippen LogP contribution < -0.4 is 5.32 Å². The van der Waals surface area contributed by atoms with Gasteiger partial charge in [0.05, 0.1) is 17.1 Å². The van der Waals surface area contributed by atoms with Gasteiger partial charge in [0.15, 0.2) is 0 Å². The molecule has 0 unspecified atom stereocenters. The highest BCUT2D eigenvalue weighted by atomic mass is 16.2. The zero-order valence-corrected chi connectivity index (χ0v) is 17.8. The van der Waals surface area contributed by atoms with Gasteiger partial charge in [0.25, 0.3) is 5.91 Å². The molecule has 0 saturated heterocycles. The van der Waals surface area contributed by atoms with E-state index in [1.165, 1.54) is 6.33 Å². The maximum absolute atomic E-state index is 12.8. The molecule has 3 heterocycles. The molecule has 31 heavy (non-hydrogen) atoms. The fourth-order valence-electron chi connectivity index (χ4n) is 3.55. The largest absolute Gasteiger partial charge is 0.321 e. The van der Waals surface area contributed by atoms with E-state index in [2.05, 4.69) is 32.3 Å². The fourth-order valence-corrected chi connectivity index (χ4v) is 3.55. The molecule has 0 aliphatic carbocycles. The van der Waals surface area contributed by atoms with E-state index in [0.717, 1.165) is 39.5 Å². The Kier molecular flexibility index (Phi) is 5.84. The first-order valence-electron chi connectivity index (χ1n) is 10.2. The Balaban J connectivity index is 1.60. The van der Waals surface area contributed by atoms with Gasteiger partial charge in [0, 0.05) is 36.6 Å². The molecule has 1 N–H and O–H groups in total. The van der Waals surface area contributed by atoms with Crippen LogP contribution in [0.4, 0.5) is 5.69 Å². The lowest BCUT2D eigenvalue weighted by atomic mass is 9.99. The van der Waals surface area contributed by atoms with Crippen LogP contribution in [-0.4, -0.2) is 30.6 Å². The highest BCUT2D eigenvalue weighted by Crippen LogP contribution is 2.25. The minimum atomic E-state index is -0.170. The summed E-state index contributed by atoms with van der Waals surface area (Å²) in [6, 6.07) is 13.5. The minimum absolute atomic E-state index is 0.170. The van der Waals surface area contributed by atoms with Crippen LogP contribution >= 0.6 is 0 Å². The summed E-state index contributed by atoms with van der Waals surface area (Å²) in [6.45, 7) is 6.55. The lowest BCUT2D eigenvalue weighted by Crippen LogP contribution is -2.17. The zero-order chi connectivity index (χ0) is 21.8. The Bertz CT molecular complexity index is 1220. The molecule has 7 nitrogen and oxygen atoms in total. The van der Waals surface area contributed by atoms with Crippen LogP contribution in [0.25, 0.3) is 11.3 Å². The zero-order valence-electron chi connectivity index (χ0n) is 17.8. The third-order valence-electron chi connectivity index (χ3n) is 5.15. The second-order valence-corrected chi connectivity index (χ2v) is 7.35. The van der Waals surface area contributed by atoms with Gasteiger partial charge in [-0.3, -0.25) is 14.5 Å². The summed E-state index contributed by atoms with van der Waals surface area (Å²) in [5.74, 6) is -0.170. The van der Waals surface area contributed by atoms with Crippen LogP contribution in [0.1, 0.15) is 39.9 Å². The van der Waals surface area contributed by atoms with E-state index in [0.29, 0.717) is 18.7 Å². The molecule has 0 atom stereocenters. The van der Waals surface area contributed by atoms with E-state index in [1.807, 2.05) is 50.2 Å². The summed E-state index contributed by atoms with van der Waals surface area (Å²) in [5.41, 5.74) is 7.07. The summed E-state index contributed by atoms with van der Waals surface area (Å²) >= 11 is 0. The van der Waals surface area contributed by atoms with E-state index in [-0.39, 0.29) is 5.91 Å². The van der Waals surface area contributed by atoms with Crippen molar-refractivity contribution in [2.75, 3.05) is 5.32 Å². The summed E-state index contributed by atoms with van der Waals surface area (Å²) in [5, 5.41) is 7.36. The third-order valence-corrected chi connectivity index (χ3v) is 5.15. The molecule has 4 rings (SSSR count). The second-order valence-electron chi connectivity index (χ2n) is 7.35. The maximum Gasteiger partial charge on any atom is 0.273 e. The van der Waals surface area contributed by atoms with Crippen molar-refractivity contribution in [1.29, 1.82) is 0 Å². The molecule has 4 aromatic rings. The summed E-state index contributed by atoms with van der Waals surface area (Å²) < 4.78 is 1.71. The SMILES string of the molecule is CCn1nc(C)cc1C(=O)Nc1ccc(C)c(Cc2ncccc2-c2ccncn2)c1. The second kappa shape index (κ2) is 8.87. The van der Waals surface area contributed by atoms with E-state index < -0.39 is 0 Å². The van der Waals surface area contributed by atoms with Crippen molar-refractivity contribution >= 4 is 11.6 Å². The van der Waals surface area contributed by atoms with Crippen molar-refractivity contribution in [3.63, 3.8) is 0 Å². The lowest BCUT2D eigenvalue weighted by molar-refractivity contribution is 0.101. The first-order chi connectivity index (χ1) is 15.0. The molecule has 1 amide bonds. The Morgan fingerprint density at radius 3 is 2.71 bits per heavy atom. The van der Waals surface area contributed by atoms with Crippen LogP contribution in [0.15, 0.2) is 61.2 Å². The van der Waals surface area contributed by atoms with Crippen LogP contribution in [0.2, 0.25) is 0 Å². The van der Waals surface area contributed by atoms with Crippen LogP contribution in [0, 0.1) is 13.8 Å². The molecule has 0 bridgehead atoms. The number of hydrogen-bond acceptors (Lipinski definition) is 5. The molecule has 7 heteroatoms. The average Bonchev–Trinajstić information content (AvgIpc) is 3.18. The monoisotopic (exact) mass is 412 g/mol. The molecule has 0 saturated carbocycles. The number of nitrogens with zero attached hydrogens (tertiary/aromatic N) is 5. The summed E-state index contributed by atoms with van der Waals surface area (Å²) in [4.78, 5) is 25.8. The molecule has 156 valence electrons. The number of anilines is 1. The maximum atomic E-state index is 12.8. The lowest BCUT2D eigenvalue weighted by Gasteiger charge is -2.12. The van der Waals surface area contributed by atoms with Crippen molar-refractivity contribution in [2.45, 2.75) is 33.7 Å². The van der Waals surface area contributed by atoms with E-state index >= 15 is 0 Å². The van der Waals surface area contributed by atoms with Gasteiger partial charge in [-0.1, -0.05) is 6.07 Å². The molecule has 0 radical (unpaired) electrons. The highest BCUT2D eigenvalue weighted by molar-refractivity contribution is 6.03. The van der Waals surface area contributed by atoms with Crippen molar-refractivity contribution in [1.82, 2.24) is 24.7 Å². The minimum Gasteiger partial charge on any atom is -0.321 e. The van der Waals surface area contributed by atoms with Gasteiger partial charge in [-0.05, 0) is 68.3 Å². The van der Waals surface area contributed by atoms with Gasteiger partial charge in [0.1, 0.15) is 12.0 Å². The predicted molar refractivity (Wildman–Crippen MR) is 120 cm³/mol. The quantitative estimate of drug-likeness (QED) is 0.513. The smallest absolute Gasteiger partial charge is 0.273 e. The number of amides is 1. The van der Waals surface area contributed by atoms with Gasteiger partial charge in [-0.15, -0.1) is 0 Å². The first-order valence-corrected chi connectivity index (χ1v) is 10.2. The van der Waals surface area contributed by atoms with Crippen LogP contribution in [-0.2, 0) is 13.0 Å². The van der Waals surface area contributed by atoms with E-state index in [4.69, 9.17) is 0 Å². The summed E-state index contributed by atoms with van der Waals surface area (Å²) in [6.07, 6.45) is 5.68. The Hall–Kier alpha value is -3.87. The highest BCUT2D eigenvalue weighted by Gasteiger charge is 2.15. The summed E-state index contributed by atoms with van der Waals surface area (Å²) in [7, 11) is 0. The number of rotatable bonds is 6. The number of aryl methyl sites for hydroxylation is 3. The molecule has 3 aromatic heterocycles. The van der Waals surface area contributed by atoms with Gasteiger partial charge < -0.3 is 5.32 Å². The standard InChI is InChI=1S/C24H24N6O/c1-4-30-23(12-17(3)29-30)24(31)28-19-8-7-16(2)18(13-19)14-22-20(6-5-10-26-22)21-9-11-25-15-27-21/h5-13,15H,4,14H2,1-3H3,(H,28,31). The molecular formula is C24H24N6O. The van der Waals surface area contributed by atoms with Gasteiger partial charge in [0.2, 0.25) is 0 Å². The molecule has 0 spiro atoms. The van der Waals surface area contributed by atoms with E-state index in [1.54, 1.807) is 23.1 Å². The first kappa shape index (κ1) is 20.4. The average molecular weight is 412 g/mol. The molecule has 1 aromatic carbocycles. The van der Waals surface area contributed by atoms with E-state index in [9.17, 15) is 4.79 Å². The number of nitrogens with one attached hydrogen (secondary N) is 1. The van der Waals surface area contributed by atoms with Crippen LogP contribution in [0.5, 0.6) is 0 Å². The van der Waals surface area contributed by atoms with Gasteiger partial charge >= 0.3 is 0 Å². The van der Waals surface area contributed by atoms with Gasteiger partial charge in [-0.2, -0.15) is 5.10 Å². The van der Waals surface area contributed by atoms with Crippen molar-refractivity contribution in [3.05, 3.63) is 89.4 Å². The molecule has 0 aliphatic heterocycles. The fraction of sp³-hybridized carbons (Fsp3) is 0.208. The number of hydrogen-bond donors (Lipinski definition) is 1. The Labute approximate surface area is 181 Å². The van der Waals surface area contributed by atoms with Crippen molar-refractivity contribution in [2.24, 2.45) is 0 Å². The Morgan fingerprint density at radius 1 is 1.06 bits per heavy atom. The Morgan fingerprint density at radius 2 is 1.94 bits per heavy atom. The number of benzene rings is 1. The predicted octanol–water partition coefficient (Wildman–Crippen LogP) is 4.21. The normalized spacial score (nSPS) is 10.8. The number of aromatic nitrogens is 5.